The minimum Gasteiger partial charge on any atom is -0.462 e. The van der Waals surface area contributed by atoms with E-state index in [2.05, 4.69) is 154 Å². The molecule has 0 aliphatic heterocycles. The second kappa shape index (κ2) is 57.1. The van der Waals surface area contributed by atoms with Crippen molar-refractivity contribution in [3.63, 3.8) is 0 Å². The van der Waals surface area contributed by atoms with Crippen LogP contribution in [0, 0.1) is 0 Å². The molecule has 0 aromatic heterocycles. The first-order valence-corrected chi connectivity index (χ1v) is 27.4. The molecule has 0 aliphatic carbocycles. The van der Waals surface area contributed by atoms with Gasteiger partial charge in [0.25, 0.3) is 0 Å². The quantitative estimate of drug-likeness (QED) is 0.0346. The molecular weight excluding hydrogens is 837 g/mol. The SMILES string of the molecule is CC/C=C\C/C=C\C/C=C\C/C=C\C/C=C\CC(=O)OC(COCCCCCCCCCC/C=C\C/C=C\C/C=C\CC)COC(=O)CCCCCCCC/C=C\C/C=C\C/C=C\C/C=C\CC. The average Bonchev–Trinajstić information content (AvgIpc) is 3.34. The highest BCUT2D eigenvalue weighted by Gasteiger charge is 2.17. The number of ether oxygens (including phenoxy) is 3. The third-order valence-electron chi connectivity index (χ3n) is 10.9. The summed E-state index contributed by atoms with van der Waals surface area (Å²) in [7, 11) is 0. The number of esters is 2. The predicted octanol–water partition coefficient (Wildman–Crippen LogP) is 18.9. The molecule has 0 saturated heterocycles. The number of rotatable bonds is 48. The molecule has 0 spiro atoms. The van der Waals surface area contributed by atoms with E-state index in [0.717, 1.165) is 116 Å². The largest absolute Gasteiger partial charge is 0.462 e. The number of hydrogen-bond acceptors (Lipinski definition) is 5. The highest BCUT2D eigenvalue weighted by atomic mass is 16.6. The van der Waals surface area contributed by atoms with Crippen LogP contribution in [0.1, 0.15) is 213 Å². The lowest BCUT2D eigenvalue weighted by Crippen LogP contribution is -2.29. The molecule has 0 fully saturated rings. The van der Waals surface area contributed by atoms with Gasteiger partial charge in [0.15, 0.2) is 6.10 Å². The van der Waals surface area contributed by atoms with Gasteiger partial charge >= 0.3 is 11.9 Å². The van der Waals surface area contributed by atoms with Gasteiger partial charge in [-0.05, 0) is 116 Å². The van der Waals surface area contributed by atoms with Gasteiger partial charge in [-0.3, -0.25) is 9.59 Å². The number of carbonyl (C=O) groups excluding carboxylic acids is 2. The summed E-state index contributed by atoms with van der Waals surface area (Å²) in [6.07, 6.45) is 83.2. The minimum absolute atomic E-state index is 0.0251. The third kappa shape index (κ3) is 54.4. The molecule has 1 atom stereocenters. The molecule has 0 amide bonds. The molecule has 382 valence electrons. The third-order valence-corrected chi connectivity index (χ3v) is 10.9. The lowest BCUT2D eigenvalue weighted by molar-refractivity contribution is -0.162. The fourth-order valence-corrected chi connectivity index (χ4v) is 6.94. The molecule has 0 aliphatic rings. The monoisotopic (exact) mass is 937 g/mol. The van der Waals surface area contributed by atoms with Crippen molar-refractivity contribution in [1.29, 1.82) is 0 Å². The molecule has 0 aromatic carbocycles. The van der Waals surface area contributed by atoms with Crippen molar-refractivity contribution in [2.24, 2.45) is 0 Å². The van der Waals surface area contributed by atoms with Crippen LogP contribution in [0.5, 0.6) is 0 Å². The molecule has 0 N–H and O–H groups in total. The van der Waals surface area contributed by atoms with Crippen LogP contribution < -0.4 is 0 Å². The molecule has 0 heterocycles. The second-order valence-corrected chi connectivity index (χ2v) is 17.4. The van der Waals surface area contributed by atoms with Crippen molar-refractivity contribution in [2.45, 2.75) is 219 Å². The van der Waals surface area contributed by atoms with Crippen LogP contribution in [0.25, 0.3) is 0 Å². The van der Waals surface area contributed by atoms with Gasteiger partial charge in [0, 0.05) is 13.0 Å². The predicted molar refractivity (Wildman–Crippen MR) is 297 cm³/mol. The molecule has 5 nitrogen and oxygen atoms in total. The first kappa shape index (κ1) is 63.8. The highest BCUT2D eigenvalue weighted by molar-refractivity contribution is 5.71. The van der Waals surface area contributed by atoms with Crippen LogP contribution >= 0.6 is 0 Å². The van der Waals surface area contributed by atoms with E-state index in [9.17, 15) is 9.59 Å². The van der Waals surface area contributed by atoms with Gasteiger partial charge in [0.2, 0.25) is 0 Å². The Morgan fingerprint density at radius 1 is 0.338 bits per heavy atom. The zero-order valence-electron chi connectivity index (χ0n) is 43.8. The molecular formula is C63H100O5. The summed E-state index contributed by atoms with van der Waals surface area (Å²) in [5.74, 6) is -0.573. The Morgan fingerprint density at radius 3 is 1.06 bits per heavy atom. The van der Waals surface area contributed by atoms with Crippen LogP contribution in [0.3, 0.4) is 0 Å². The molecule has 68 heavy (non-hydrogen) atoms. The van der Waals surface area contributed by atoms with Gasteiger partial charge in [-0.1, -0.05) is 231 Å². The van der Waals surface area contributed by atoms with E-state index in [1.165, 1.54) is 64.2 Å². The fraction of sp³-hybridized carbons (Fsp3) is 0.587. The zero-order chi connectivity index (χ0) is 49.2. The molecule has 5 heteroatoms. The summed E-state index contributed by atoms with van der Waals surface area (Å²) in [5.41, 5.74) is 0. The van der Waals surface area contributed by atoms with Gasteiger partial charge in [-0.25, -0.2) is 0 Å². The van der Waals surface area contributed by atoms with Crippen molar-refractivity contribution in [1.82, 2.24) is 0 Å². The maximum atomic E-state index is 12.8. The van der Waals surface area contributed by atoms with Crippen LogP contribution in [-0.2, 0) is 23.8 Å². The first-order valence-electron chi connectivity index (χ1n) is 27.4. The first-order chi connectivity index (χ1) is 33.6. The summed E-state index contributed by atoms with van der Waals surface area (Å²) in [6, 6.07) is 0. The molecule has 1 unspecified atom stereocenters. The number of unbranched alkanes of at least 4 members (excludes halogenated alkanes) is 14. The van der Waals surface area contributed by atoms with Crippen molar-refractivity contribution >= 4 is 11.9 Å². The summed E-state index contributed by atoms with van der Waals surface area (Å²) in [6.45, 7) is 7.34. The van der Waals surface area contributed by atoms with E-state index >= 15 is 0 Å². The van der Waals surface area contributed by atoms with Gasteiger partial charge in [-0.15, -0.1) is 0 Å². The summed E-state index contributed by atoms with van der Waals surface area (Å²) in [5, 5.41) is 0. The lowest BCUT2D eigenvalue weighted by atomic mass is 10.1. The smallest absolute Gasteiger partial charge is 0.310 e. The van der Waals surface area contributed by atoms with Crippen molar-refractivity contribution in [3.8, 4) is 0 Å². The Balaban J connectivity index is 4.44. The van der Waals surface area contributed by atoms with Crippen LogP contribution in [0.2, 0.25) is 0 Å². The van der Waals surface area contributed by atoms with Crippen molar-refractivity contribution in [2.75, 3.05) is 19.8 Å². The maximum absolute atomic E-state index is 12.8. The van der Waals surface area contributed by atoms with E-state index in [1.807, 2.05) is 12.2 Å². The number of carbonyl (C=O) groups is 2. The Kier molecular flexibility index (Phi) is 53.6. The van der Waals surface area contributed by atoms with E-state index in [1.54, 1.807) is 0 Å². The topological polar surface area (TPSA) is 61.8 Å². The lowest BCUT2D eigenvalue weighted by Gasteiger charge is -2.18. The Bertz CT molecular complexity index is 1480. The molecule has 0 bridgehead atoms. The number of hydrogen-bond donors (Lipinski definition) is 0. The minimum atomic E-state index is -0.612. The summed E-state index contributed by atoms with van der Waals surface area (Å²) in [4.78, 5) is 25.4. The van der Waals surface area contributed by atoms with E-state index < -0.39 is 6.10 Å². The normalized spacial score (nSPS) is 13.4. The van der Waals surface area contributed by atoms with Crippen LogP contribution in [0.15, 0.2) is 146 Å². The Morgan fingerprint density at radius 2 is 0.662 bits per heavy atom. The van der Waals surface area contributed by atoms with Gasteiger partial charge in [0.05, 0.1) is 13.0 Å². The number of allylic oxidation sites excluding steroid dienone is 23. The molecule has 0 aromatic rings. The van der Waals surface area contributed by atoms with E-state index in [4.69, 9.17) is 14.2 Å². The Hall–Kier alpha value is -4.22. The second-order valence-electron chi connectivity index (χ2n) is 17.4. The summed E-state index contributed by atoms with van der Waals surface area (Å²) < 4.78 is 17.3. The van der Waals surface area contributed by atoms with Crippen molar-refractivity contribution < 1.29 is 23.8 Å². The van der Waals surface area contributed by atoms with E-state index in [-0.39, 0.29) is 31.6 Å². The average molecular weight is 937 g/mol. The maximum Gasteiger partial charge on any atom is 0.310 e. The van der Waals surface area contributed by atoms with Gasteiger partial charge in [-0.2, -0.15) is 0 Å². The zero-order valence-corrected chi connectivity index (χ0v) is 43.8. The van der Waals surface area contributed by atoms with Crippen LogP contribution in [0.4, 0.5) is 0 Å². The van der Waals surface area contributed by atoms with Gasteiger partial charge < -0.3 is 14.2 Å². The molecule has 0 saturated carbocycles. The highest BCUT2D eigenvalue weighted by Crippen LogP contribution is 2.12. The van der Waals surface area contributed by atoms with E-state index in [0.29, 0.717) is 13.0 Å². The Labute approximate surface area is 419 Å². The van der Waals surface area contributed by atoms with Crippen LogP contribution in [-0.4, -0.2) is 37.9 Å². The summed E-state index contributed by atoms with van der Waals surface area (Å²) >= 11 is 0. The fourth-order valence-electron chi connectivity index (χ4n) is 6.94. The molecule has 0 rings (SSSR count). The standard InChI is InChI=1S/C63H100O5/c1-4-7-10-13-16-19-22-25-28-30-32-33-36-38-41-44-47-50-53-56-62(64)67-60-61(68-63(65)57-54-51-48-45-42-39-35-27-24-21-18-15-12-9-6-3)59-66-58-55-52-49-46-43-40-37-34-31-29-26-23-20-17-14-11-8-5-2/h7-12,16-21,25-29,32-33,35,42,45,51,54,61H,4-6,13-15,22-24,30-31,34,36-41,43-44,46-50,52-53,55-60H2,1-3H3/b10-7-,11-8-,12-9-,19-16-,20-17-,21-18-,28-25-,29-26-,33-32-,35-27-,45-42-,54-51-. The van der Waals surface area contributed by atoms with Crippen molar-refractivity contribution in [3.05, 3.63) is 146 Å². The molecule has 0 radical (unpaired) electrons. The van der Waals surface area contributed by atoms with Gasteiger partial charge in [0.1, 0.15) is 6.61 Å².